The van der Waals surface area contributed by atoms with E-state index in [0.717, 1.165) is 67.2 Å². The molecule has 0 bridgehead atoms. The Kier molecular flexibility index (Phi) is 8.07. The number of rotatable bonds is 8. The van der Waals surface area contributed by atoms with Gasteiger partial charge in [0.25, 0.3) is 0 Å². The van der Waals surface area contributed by atoms with E-state index in [1.54, 1.807) is 24.3 Å². The summed E-state index contributed by atoms with van der Waals surface area (Å²) in [6.07, 6.45) is 2.84. The average Bonchev–Trinajstić information content (AvgIpc) is 3.39. The number of nitriles is 1. The van der Waals surface area contributed by atoms with E-state index in [4.69, 9.17) is 24.5 Å². The number of hydrogen-bond acceptors (Lipinski definition) is 8. The van der Waals surface area contributed by atoms with Gasteiger partial charge in [0, 0.05) is 31.3 Å². The SMILES string of the molecule is COC(=O)c1ccc2nc(C(C)=C3CCN(c4cccc(OCc5ccc(C#N)cc5F)n4)CC3)n(CC3CCO3)c2c1. The maximum atomic E-state index is 14.3. The molecule has 0 N–H and O–H groups in total. The normalized spacial score (nSPS) is 16.5. The van der Waals surface area contributed by atoms with Gasteiger partial charge in [-0.2, -0.15) is 10.2 Å². The van der Waals surface area contributed by atoms with E-state index >= 15 is 0 Å². The third-order valence-corrected chi connectivity index (χ3v) is 8.17. The molecule has 4 aromatic rings. The first-order chi connectivity index (χ1) is 20.9. The second-order valence-electron chi connectivity index (χ2n) is 10.8. The number of fused-ring (bicyclic) bond motifs is 1. The molecule has 0 amide bonds. The number of hydrogen-bond donors (Lipinski definition) is 0. The average molecular weight is 582 g/mol. The Morgan fingerprint density at radius 1 is 1.14 bits per heavy atom. The predicted octanol–water partition coefficient (Wildman–Crippen LogP) is 5.67. The molecule has 2 fully saturated rings. The molecule has 6 rings (SSSR count). The summed E-state index contributed by atoms with van der Waals surface area (Å²) in [7, 11) is 1.38. The maximum Gasteiger partial charge on any atom is 0.337 e. The zero-order chi connectivity index (χ0) is 29.9. The number of anilines is 1. The number of halogens is 1. The van der Waals surface area contributed by atoms with E-state index in [1.807, 2.05) is 30.3 Å². The van der Waals surface area contributed by atoms with Gasteiger partial charge in [-0.3, -0.25) is 0 Å². The minimum absolute atomic E-state index is 0.0219. The smallest absolute Gasteiger partial charge is 0.337 e. The van der Waals surface area contributed by atoms with Gasteiger partial charge in [0.2, 0.25) is 5.88 Å². The molecule has 10 heteroatoms. The lowest BCUT2D eigenvalue weighted by Gasteiger charge is -2.31. The number of aromatic nitrogens is 3. The first-order valence-corrected chi connectivity index (χ1v) is 14.4. The summed E-state index contributed by atoms with van der Waals surface area (Å²) in [4.78, 5) is 24.1. The van der Waals surface area contributed by atoms with E-state index in [9.17, 15) is 9.18 Å². The van der Waals surface area contributed by atoms with Crippen LogP contribution >= 0.6 is 0 Å². The van der Waals surface area contributed by atoms with Crippen molar-refractivity contribution in [3.8, 4) is 11.9 Å². The van der Waals surface area contributed by atoms with Gasteiger partial charge >= 0.3 is 5.97 Å². The lowest BCUT2D eigenvalue weighted by atomic mass is 9.98. The van der Waals surface area contributed by atoms with Crippen LogP contribution in [0.15, 0.2) is 60.2 Å². The summed E-state index contributed by atoms with van der Waals surface area (Å²) in [5.74, 6) is 1.28. The third kappa shape index (κ3) is 5.94. The summed E-state index contributed by atoms with van der Waals surface area (Å²) in [6.45, 7) is 5.16. The highest BCUT2D eigenvalue weighted by Gasteiger charge is 2.25. The molecule has 1 atom stereocenters. The molecule has 2 aliphatic heterocycles. The number of pyridine rings is 1. The molecule has 0 aliphatic carbocycles. The molecule has 220 valence electrons. The number of imidazole rings is 1. The van der Waals surface area contributed by atoms with Gasteiger partial charge in [0.05, 0.1) is 48.0 Å². The Morgan fingerprint density at radius 2 is 1.95 bits per heavy atom. The Balaban J connectivity index is 1.18. The van der Waals surface area contributed by atoms with Gasteiger partial charge in [-0.15, -0.1) is 0 Å². The van der Waals surface area contributed by atoms with Crippen molar-refractivity contribution in [1.29, 1.82) is 5.26 Å². The number of benzene rings is 2. The van der Waals surface area contributed by atoms with Crippen LogP contribution < -0.4 is 9.64 Å². The minimum atomic E-state index is -0.474. The first kappa shape index (κ1) is 28.4. The summed E-state index contributed by atoms with van der Waals surface area (Å²) < 4.78 is 32.9. The molecule has 9 nitrogen and oxygen atoms in total. The number of piperidine rings is 1. The quantitative estimate of drug-likeness (QED) is 0.245. The van der Waals surface area contributed by atoms with Crippen molar-refractivity contribution in [3.05, 3.63) is 88.5 Å². The summed E-state index contributed by atoms with van der Waals surface area (Å²) in [5.41, 5.74) is 5.34. The standard InChI is InChI=1S/C33H32FN5O4/c1-21(32-36-28-9-8-24(33(40)41-2)17-29(28)39(32)19-26-12-15-42-26)23-10-13-38(14-11-23)30-4-3-5-31(37-30)43-20-25-7-6-22(18-35)16-27(25)34/h3-9,16-17,26H,10-15,19-20H2,1-2H3. The maximum absolute atomic E-state index is 14.3. The summed E-state index contributed by atoms with van der Waals surface area (Å²) in [6, 6.07) is 17.3. The zero-order valence-electron chi connectivity index (χ0n) is 24.2. The number of methoxy groups -OCH3 is 1. The number of carbonyl (C=O) groups is 1. The van der Waals surface area contributed by atoms with Crippen LogP contribution in [-0.4, -0.2) is 53.4 Å². The number of allylic oxidation sites excluding steroid dienone is 1. The second kappa shape index (κ2) is 12.2. The molecular formula is C33H32FN5O4. The number of esters is 1. The lowest BCUT2D eigenvalue weighted by Crippen LogP contribution is -2.32. The third-order valence-electron chi connectivity index (χ3n) is 8.17. The summed E-state index contributed by atoms with van der Waals surface area (Å²) in [5, 5.41) is 8.95. The van der Waals surface area contributed by atoms with Gasteiger partial charge in [-0.05, 0) is 68.2 Å². The molecule has 2 aromatic carbocycles. The Morgan fingerprint density at radius 3 is 2.65 bits per heavy atom. The highest BCUT2D eigenvalue weighted by molar-refractivity contribution is 5.94. The number of ether oxygens (including phenoxy) is 3. The second-order valence-corrected chi connectivity index (χ2v) is 10.8. The Bertz CT molecular complexity index is 1740. The van der Waals surface area contributed by atoms with Crippen LogP contribution in [0.25, 0.3) is 16.6 Å². The molecule has 2 aromatic heterocycles. The van der Waals surface area contributed by atoms with Crippen LogP contribution in [0.2, 0.25) is 0 Å². The monoisotopic (exact) mass is 581 g/mol. The van der Waals surface area contributed by atoms with Crippen molar-refractivity contribution in [3.63, 3.8) is 0 Å². The van der Waals surface area contributed by atoms with Gasteiger partial charge in [0.15, 0.2) is 0 Å². The van der Waals surface area contributed by atoms with E-state index in [0.29, 0.717) is 23.6 Å². The fourth-order valence-electron chi connectivity index (χ4n) is 5.56. The molecule has 43 heavy (non-hydrogen) atoms. The number of carbonyl (C=O) groups excluding carboxylic acids is 1. The minimum Gasteiger partial charge on any atom is -0.473 e. The van der Waals surface area contributed by atoms with Gasteiger partial charge in [-0.25, -0.2) is 14.2 Å². The molecule has 2 aliphatic rings. The van der Waals surface area contributed by atoms with Crippen molar-refractivity contribution in [2.75, 3.05) is 31.7 Å². The lowest BCUT2D eigenvalue weighted by molar-refractivity contribution is -0.0587. The molecular weight excluding hydrogens is 549 g/mol. The van der Waals surface area contributed by atoms with E-state index < -0.39 is 5.82 Å². The molecule has 2 saturated heterocycles. The van der Waals surface area contributed by atoms with Crippen LogP contribution in [0.5, 0.6) is 5.88 Å². The fraction of sp³-hybridized carbons (Fsp3) is 0.333. The molecule has 0 spiro atoms. The Labute approximate surface area is 249 Å². The van der Waals surface area contributed by atoms with Crippen LogP contribution in [0, 0.1) is 17.1 Å². The largest absolute Gasteiger partial charge is 0.473 e. The fourth-order valence-corrected chi connectivity index (χ4v) is 5.56. The molecule has 4 heterocycles. The van der Waals surface area contributed by atoms with Crippen LogP contribution in [0.4, 0.5) is 10.2 Å². The Hall–Kier alpha value is -4.75. The first-order valence-electron chi connectivity index (χ1n) is 14.4. The van der Waals surface area contributed by atoms with Gasteiger partial charge in [-0.1, -0.05) is 17.7 Å². The van der Waals surface area contributed by atoms with Crippen LogP contribution in [-0.2, 0) is 22.6 Å². The van der Waals surface area contributed by atoms with Crippen molar-refractivity contribution in [1.82, 2.24) is 14.5 Å². The topological polar surface area (TPSA) is 102 Å². The van der Waals surface area contributed by atoms with E-state index in [1.165, 1.54) is 18.7 Å². The van der Waals surface area contributed by atoms with Crippen molar-refractivity contribution in [2.24, 2.45) is 0 Å². The highest BCUT2D eigenvalue weighted by Crippen LogP contribution is 2.32. The van der Waals surface area contributed by atoms with E-state index in [2.05, 4.69) is 21.4 Å². The van der Waals surface area contributed by atoms with Crippen molar-refractivity contribution < 1.29 is 23.4 Å². The van der Waals surface area contributed by atoms with Crippen LogP contribution in [0.1, 0.15) is 53.5 Å². The predicted molar refractivity (Wildman–Crippen MR) is 159 cm³/mol. The van der Waals surface area contributed by atoms with E-state index in [-0.39, 0.29) is 24.2 Å². The molecule has 1 unspecified atom stereocenters. The zero-order valence-corrected chi connectivity index (χ0v) is 24.2. The van der Waals surface area contributed by atoms with Gasteiger partial charge in [0.1, 0.15) is 24.1 Å². The highest BCUT2D eigenvalue weighted by atomic mass is 19.1. The summed E-state index contributed by atoms with van der Waals surface area (Å²) >= 11 is 0. The van der Waals surface area contributed by atoms with Crippen molar-refractivity contribution in [2.45, 2.75) is 45.4 Å². The van der Waals surface area contributed by atoms with Crippen molar-refractivity contribution >= 4 is 28.4 Å². The molecule has 0 radical (unpaired) electrons. The molecule has 0 saturated carbocycles. The van der Waals surface area contributed by atoms with Crippen LogP contribution in [0.3, 0.4) is 0 Å². The number of nitrogens with zero attached hydrogens (tertiary/aromatic N) is 5. The van der Waals surface area contributed by atoms with Gasteiger partial charge < -0.3 is 23.7 Å².